The Kier molecular flexibility index (Phi) is 6.33. The van der Waals surface area contributed by atoms with E-state index >= 15 is 0 Å². The molecular formula is C21H23N5O3. The average Bonchev–Trinajstić information content (AvgIpc) is 2.74. The van der Waals surface area contributed by atoms with Crippen molar-refractivity contribution in [3.05, 3.63) is 54.3 Å². The minimum atomic E-state index is -0.269. The Morgan fingerprint density at radius 3 is 2.45 bits per heavy atom. The summed E-state index contributed by atoms with van der Waals surface area (Å²) in [5.74, 6) is -0.522. The Morgan fingerprint density at radius 1 is 1.14 bits per heavy atom. The summed E-state index contributed by atoms with van der Waals surface area (Å²) in [6, 6.07) is 7.35. The third-order valence-electron chi connectivity index (χ3n) is 4.64. The molecule has 2 heterocycles. The molecule has 1 aromatic carbocycles. The third kappa shape index (κ3) is 4.84. The van der Waals surface area contributed by atoms with Crippen LogP contribution >= 0.6 is 0 Å². The molecule has 0 saturated heterocycles. The molecule has 0 unspecified atom stereocenters. The Bertz CT molecular complexity index is 923. The van der Waals surface area contributed by atoms with Crippen LogP contribution in [0.15, 0.2) is 54.3 Å². The van der Waals surface area contributed by atoms with Gasteiger partial charge in [-0.25, -0.2) is 9.97 Å². The van der Waals surface area contributed by atoms with Gasteiger partial charge < -0.3 is 15.1 Å². The summed E-state index contributed by atoms with van der Waals surface area (Å²) in [5, 5.41) is 2.84. The van der Waals surface area contributed by atoms with Crippen molar-refractivity contribution < 1.29 is 14.4 Å². The minimum Gasteiger partial charge on any atom is -0.357 e. The van der Waals surface area contributed by atoms with Crippen LogP contribution in [0.5, 0.6) is 0 Å². The molecule has 3 rings (SSSR count). The largest absolute Gasteiger partial charge is 0.357 e. The van der Waals surface area contributed by atoms with Crippen LogP contribution in [0.1, 0.15) is 12.8 Å². The quantitative estimate of drug-likeness (QED) is 0.751. The molecule has 0 spiro atoms. The first kappa shape index (κ1) is 20.2. The molecule has 0 fully saturated rings. The lowest BCUT2D eigenvalue weighted by Crippen LogP contribution is -2.42. The van der Waals surface area contributed by atoms with Gasteiger partial charge in [0.05, 0.1) is 6.54 Å². The topological polar surface area (TPSA) is 95.5 Å². The van der Waals surface area contributed by atoms with Crippen LogP contribution in [0.25, 0.3) is 11.1 Å². The molecule has 2 aromatic rings. The highest BCUT2D eigenvalue weighted by molar-refractivity contribution is 6.00. The van der Waals surface area contributed by atoms with Gasteiger partial charge in [-0.15, -0.1) is 0 Å². The van der Waals surface area contributed by atoms with Crippen LogP contribution in [0.2, 0.25) is 0 Å². The summed E-state index contributed by atoms with van der Waals surface area (Å²) in [6.07, 6.45) is 6.89. The van der Waals surface area contributed by atoms with Crippen molar-refractivity contribution in [1.29, 1.82) is 0 Å². The predicted molar refractivity (Wildman–Crippen MR) is 109 cm³/mol. The predicted octanol–water partition coefficient (Wildman–Crippen LogP) is 1.72. The van der Waals surface area contributed by atoms with E-state index in [1.165, 1.54) is 11.2 Å². The molecule has 8 heteroatoms. The number of hydrogen-bond donors (Lipinski definition) is 1. The molecule has 0 saturated carbocycles. The van der Waals surface area contributed by atoms with Gasteiger partial charge in [0, 0.05) is 49.9 Å². The lowest BCUT2D eigenvalue weighted by Gasteiger charge is -2.32. The van der Waals surface area contributed by atoms with Gasteiger partial charge in [-0.3, -0.25) is 14.4 Å². The van der Waals surface area contributed by atoms with Gasteiger partial charge in [0.2, 0.25) is 5.91 Å². The van der Waals surface area contributed by atoms with Crippen LogP contribution in [-0.2, 0) is 14.4 Å². The van der Waals surface area contributed by atoms with E-state index in [1.807, 2.05) is 12.1 Å². The highest BCUT2D eigenvalue weighted by Gasteiger charge is 2.28. The van der Waals surface area contributed by atoms with E-state index in [9.17, 15) is 14.4 Å². The molecule has 0 radical (unpaired) electrons. The summed E-state index contributed by atoms with van der Waals surface area (Å²) < 4.78 is 0. The van der Waals surface area contributed by atoms with Crippen molar-refractivity contribution in [3.63, 3.8) is 0 Å². The van der Waals surface area contributed by atoms with Crippen LogP contribution in [-0.4, -0.2) is 65.1 Å². The maximum atomic E-state index is 12.6. The summed E-state index contributed by atoms with van der Waals surface area (Å²) in [7, 11) is 3.26. The van der Waals surface area contributed by atoms with Gasteiger partial charge in [-0.05, 0) is 30.5 Å². The number of aromatic nitrogens is 2. The van der Waals surface area contributed by atoms with Gasteiger partial charge in [-0.1, -0.05) is 12.1 Å². The van der Waals surface area contributed by atoms with Crippen molar-refractivity contribution in [1.82, 2.24) is 19.8 Å². The van der Waals surface area contributed by atoms with E-state index in [0.29, 0.717) is 36.2 Å². The van der Waals surface area contributed by atoms with Gasteiger partial charge in [0.1, 0.15) is 18.3 Å². The van der Waals surface area contributed by atoms with Crippen molar-refractivity contribution >= 4 is 23.8 Å². The number of carbonyl (C=O) groups is 3. The van der Waals surface area contributed by atoms with E-state index in [1.54, 1.807) is 43.5 Å². The van der Waals surface area contributed by atoms with Crippen molar-refractivity contribution in [2.24, 2.45) is 0 Å². The zero-order valence-corrected chi connectivity index (χ0v) is 16.5. The molecular weight excluding hydrogens is 370 g/mol. The minimum absolute atomic E-state index is 0.000526. The normalized spacial score (nSPS) is 13.8. The maximum Gasteiger partial charge on any atom is 0.270 e. The first-order valence-corrected chi connectivity index (χ1v) is 9.30. The van der Waals surface area contributed by atoms with Gasteiger partial charge in [0.25, 0.3) is 5.91 Å². The molecule has 0 aliphatic carbocycles. The number of carbonyl (C=O) groups excluding carboxylic acids is 3. The standard InChI is InChI=1S/C21H23N5O3/c1-25(2)21(29)20-16(13-27)4-3-9-26(20)12-19(28)24-18-7-5-15(6-8-18)17-10-22-14-23-11-17/h5-8,10-11,13-14H,3-4,9,12H2,1-2H3,(H,24,28). The fraction of sp³-hybridized carbons (Fsp3) is 0.286. The first-order chi connectivity index (χ1) is 14.0. The van der Waals surface area contributed by atoms with E-state index in [0.717, 1.165) is 17.5 Å². The SMILES string of the molecule is CN(C)C(=O)C1=C(C=O)CCCN1CC(=O)Nc1ccc(-c2cncnc2)cc1. The number of rotatable bonds is 6. The number of hydrogen-bond acceptors (Lipinski definition) is 6. The second-order valence-electron chi connectivity index (χ2n) is 6.97. The van der Waals surface area contributed by atoms with E-state index in [-0.39, 0.29) is 18.4 Å². The van der Waals surface area contributed by atoms with E-state index in [2.05, 4.69) is 15.3 Å². The Balaban J connectivity index is 1.69. The number of benzene rings is 1. The Labute approximate surface area is 169 Å². The number of anilines is 1. The third-order valence-corrected chi connectivity index (χ3v) is 4.64. The first-order valence-electron chi connectivity index (χ1n) is 9.30. The smallest absolute Gasteiger partial charge is 0.270 e. The summed E-state index contributed by atoms with van der Waals surface area (Å²) >= 11 is 0. The molecule has 0 atom stereocenters. The molecule has 150 valence electrons. The van der Waals surface area contributed by atoms with Gasteiger partial charge in [-0.2, -0.15) is 0 Å². The highest BCUT2D eigenvalue weighted by atomic mass is 16.2. The number of aldehydes is 1. The molecule has 0 bridgehead atoms. The zero-order valence-electron chi connectivity index (χ0n) is 16.5. The van der Waals surface area contributed by atoms with Gasteiger partial charge in [0.15, 0.2) is 0 Å². The average molecular weight is 393 g/mol. The second-order valence-corrected chi connectivity index (χ2v) is 6.97. The fourth-order valence-electron chi connectivity index (χ4n) is 3.22. The summed E-state index contributed by atoms with van der Waals surface area (Å²) in [5.41, 5.74) is 3.23. The molecule has 1 N–H and O–H groups in total. The van der Waals surface area contributed by atoms with Crippen molar-refractivity contribution in [2.75, 3.05) is 32.5 Å². The molecule has 1 aliphatic heterocycles. The van der Waals surface area contributed by atoms with Crippen molar-refractivity contribution in [3.8, 4) is 11.1 Å². The zero-order chi connectivity index (χ0) is 20.8. The van der Waals surface area contributed by atoms with Gasteiger partial charge >= 0.3 is 0 Å². The Morgan fingerprint density at radius 2 is 1.83 bits per heavy atom. The number of nitrogens with one attached hydrogen (secondary N) is 1. The molecule has 2 amide bonds. The summed E-state index contributed by atoms with van der Waals surface area (Å²) in [6.45, 7) is 0.549. The number of amides is 2. The Hall–Kier alpha value is -3.55. The van der Waals surface area contributed by atoms with Crippen molar-refractivity contribution in [2.45, 2.75) is 12.8 Å². The van der Waals surface area contributed by atoms with Crippen LogP contribution in [0, 0.1) is 0 Å². The van der Waals surface area contributed by atoms with Crippen LogP contribution in [0.4, 0.5) is 5.69 Å². The number of likely N-dealkylation sites (N-methyl/N-ethyl adjacent to an activating group) is 1. The number of nitrogens with zero attached hydrogens (tertiary/aromatic N) is 4. The monoisotopic (exact) mass is 393 g/mol. The van der Waals surface area contributed by atoms with E-state index < -0.39 is 0 Å². The summed E-state index contributed by atoms with van der Waals surface area (Å²) in [4.78, 5) is 47.6. The molecule has 8 nitrogen and oxygen atoms in total. The molecule has 29 heavy (non-hydrogen) atoms. The van der Waals surface area contributed by atoms with Crippen LogP contribution < -0.4 is 5.32 Å². The highest BCUT2D eigenvalue weighted by Crippen LogP contribution is 2.23. The lowest BCUT2D eigenvalue weighted by atomic mass is 10.0. The van der Waals surface area contributed by atoms with E-state index in [4.69, 9.17) is 0 Å². The lowest BCUT2D eigenvalue weighted by molar-refractivity contribution is -0.127. The molecule has 1 aromatic heterocycles. The maximum absolute atomic E-state index is 12.6. The molecule has 1 aliphatic rings. The number of allylic oxidation sites excluding steroid dienone is 1. The van der Waals surface area contributed by atoms with Crippen LogP contribution in [0.3, 0.4) is 0 Å². The second kappa shape index (κ2) is 9.09. The fourth-order valence-corrected chi connectivity index (χ4v) is 3.22.